The van der Waals surface area contributed by atoms with E-state index in [0.29, 0.717) is 19.0 Å². The van der Waals surface area contributed by atoms with Crippen LogP contribution >= 0.6 is 11.6 Å². The van der Waals surface area contributed by atoms with Gasteiger partial charge in [0.15, 0.2) is 0 Å². The van der Waals surface area contributed by atoms with Crippen LogP contribution in [-0.4, -0.2) is 29.3 Å². The summed E-state index contributed by atoms with van der Waals surface area (Å²) >= 11 is 6.08. The van der Waals surface area contributed by atoms with Crippen LogP contribution in [0.1, 0.15) is 35.7 Å². The molecule has 2 rings (SSSR count). The molecule has 104 valence electrons. The predicted octanol–water partition coefficient (Wildman–Crippen LogP) is 3.61. The first kappa shape index (κ1) is 14.3. The summed E-state index contributed by atoms with van der Waals surface area (Å²) in [5, 5.41) is 0.133. The highest BCUT2D eigenvalue weighted by Gasteiger charge is 2.27. The fraction of sp³-hybridized carbons (Fsp3) is 0.533. The van der Waals surface area contributed by atoms with Crippen molar-refractivity contribution in [3.05, 3.63) is 35.1 Å². The Bertz CT molecular complexity index is 467. The standard InChI is InChI=1S/C15H19ClFNO/c1-10-3-4-13(14(17)9-10)15(19)18-7-5-12(6-8-18)11(2)16/h3-4,9,11-12H,5-8H2,1-2H3. The molecule has 1 heterocycles. The third-order valence-corrected chi connectivity index (χ3v) is 4.19. The number of aryl methyl sites for hydroxylation is 1. The van der Waals surface area contributed by atoms with Crippen LogP contribution in [0.15, 0.2) is 18.2 Å². The van der Waals surface area contributed by atoms with E-state index in [-0.39, 0.29) is 16.8 Å². The summed E-state index contributed by atoms with van der Waals surface area (Å²) in [6.07, 6.45) is 1.79. The molecule has 1 fully saturated rings. The lowest BCUT2D eigenvalue weighted by molar-refractivity contribution is 0.0685. The van der Waals surface area contributed by atoms with Gasteiger partial charge in [0.1, 0.15) is 5.82 Å². The molecule has 1 aromatic rings. The molecule has 0 aliphatic carbocycles. The van der Waals surface area contributed by atoms with Gasteiger partial charge in [-0.3, -0.25) is 4.79 Å². The van der Waals surface area contributed by atoms with E-state index in [4.69, 9.17) is 11.6 Å². The first-order chi connectivity index (χ1) is 8.99. The molecular weight excluding hydrogens is 265 g/mol. The maximum atomic E-state index is 13.8. The SMILES string of the molecule is Cc1ccc(C(=O)N2CCC(C(C)Cl)CC2)c(F)c1. The molecule has 0 bridgehead atoms. The molecule has 1 saturated heterocycles. The molecule has 0 aromatic heterocycles. The first-order valence-corrected chi connectivity index (χ1v) is 7.12. The molecule has 4 heteroatoms. The summed E-state index contributed by atoms with van der Waals surface area (Å²) in [6.45, 7) is 5.12. The zero-order chi connectivity index (χ0) is 14.0. The number of carbonyl (C=O) groups excluding carboxylic acids is 1. The van der Waals surface area contributed by atoms with Crippen molar-refractivity contribution in [1.82, 2.24) is 4.90 Å². The Morgan fingerprint density at radius 1 is 1.42 bits per heavy atom. The van der Waals surface area contributed by atoms with Gasteiger partial charge in [0.2, 0.25) is 0 Å². The van der Waals surface area contributed by atoms with Crippen molar-refractivity contribution in [2.24, 2.45) is 5.92 Å². The quantitative estimate of drug-likeness (QED) is 0.759. The van der Waals surface area contributed by atoms with Crippen LogP contribution in [0.3, 0.4) is 0 Å². The number of hydrogen-bond donors (Lipinski definition) is 0. The Morgan fingerprint density at radius 2 is 2.05 bits per heavy atom. The fourth-order valence-corrected chi connectivity index (χ4v) is 2.78. The molecule has 19 heavy (non-hydrogen) atoms. The average Bonchev–Trinajstić information content (AvgIpc) is 2.38. The highest BCUT2D eigenvalue weighted by molar-refractivity contribution is 6.20. The van der Waals surface area contributed by atoms with E-state index in [1.165, 1.54) is 6.07 Å². The Balaban J connectivity index is 2.05. The lowest BCUT2D eigenvalue weighted by atomic mass is 9.93. The molecule has 0 spiro atoms. The van der Waals surface area contributed by atoms with Gasteiger partial charge in [-0.25, -0.2) is 4.39 Å². The maximum Gasteiger partial charge on any atom is 0.256 e. The number of hydrogen-bond acceptors (Lipinski definition) is 1. The van der Waals surface area contributed by atoms with Gasteiger partial charge in [-0.05, 0) is 50.3 Å². The number of piperidine rings is 1. The monoisotopic (exact) mass is 283 g/mol. The zero-order valence-corrected chi connectivity index (χ0v) is 12.1. The van der Waals surface area contributed by atoms with Crippen molar-refractivity contribution in [2.45, 2.75) is 32.1 Å². The van der Waals surface area contributed by atoms with Gasteiger partial charge < -0.3 is 4.90 Å². The molecule has 2 nitrogen and oxygen atoms in total. The van der Waals surface area contributed by atoms with Gasteiger partial charge in [0.25, 0.3) is 5.91 Å². The Hall–Kier alpha value is -1.09. The van der Waals surface area contributed by atoms with Crippen molar-refractivity contribution in [1.29, 1.82) is 0 Å². The fourth-order valence-electron chi connectivity index (χ4n) is 2.53. The molecule has 0 N–H and O–H groups in total. The van der Waals surface area contributed by atoms with Gasteiger partial charge in [-0.1, -0.05) is 6.07 Å². The number of benzene rings is 1. The maximum absolute atomic E-state index is 13.8. The van der Waals surface area contributed by atoms with Crippen LogP contribution in [0.2, 0.25) is 0 Å². The lowest BCUT2D eigenvalue weighted by Gasteiger charge is -2.33. The van der Waals surface area contributed by atoms with Gasteiger partial charge in [0.05, 0.1) is 5.56 Å². The van der Waals surface area contributed by atoms with Gasteiger partial charge in [0, 0.05) is 18.5 Å². The van der Waals surface area contributed by atoms with Gasteiger partial charge in [-0.15, -0.1) is 11.6 Å². The number of carbonyl (C=O) groups is 1. The van der Waals surface area contributed by atoms with Crippen LogP contribution in [0.25, 0.3) is 0 Å². The average molecular weight is 284 g/mol. The number of nitrogens with zero attached hydrogens (tertiary/aromatic N) is 1. The van der Waals surface area contributed by atoms with Crippen LogP contribution in [-0.2, 0) is 0 Å². The first-order valence-electron chi connectivity index (χ1n) is 6.68. The summed E-state index contributed by atoms with van der Waals surface area (Å²) in [6, 6.07) is 4.74. The Labute approximate surface area is 118 Å². The summed E-state index contributed by atoms with van der Waals surface area (Å²) in [5.74, 6) is -0.190. The Kier molecular flexibility index (Phi) is 4.46. The highest BCUT2D eigenvalue weighted by Crippen LogP contribution is 2.25. The van der Waals surface area contributed by atoms with Crippen molar-refractivity contribution >= 4 is 17.5 Å². The molecule has 1 aliphatic heterocycles. The van der Waals surface area contributed by atoms with E-state index in [0.717, 1.165) is 18.4 Å². The topological polar surface area (TPSA) is 20.3 Å². The molecule has 0 radical (unpaired) electrons. The minimum atomic E-state index is -0.433. The molecule has 1 unspecified atom stereocenters. The second kappa shape index (κ2) is 5.91. The predicted molar refractivity (Wildman–Crippen MR) is 75.1 cm³/mol. The van der Waals surface area contributed by atoms with Gasteiger partial charge in [-0.2, -0.15) is 0 Å². The van der Waals surface area contributed by atoms with E-state index in [9.17, 15) is 9.18 Å². The van der Waals surface area contributed by atoms with Crippen LogP contribution in [0.5, 0.6) is 0 Å². The van der Waals surface area contributed by atoms with E-state index in [1.807, 2.05) is 13.8 Å². The lowest BCUT2D eigenvalue weighted by Crippen LogP contribution is -2.40. The van der Waals surface area contributed by atoms with E-state index < -0.39 is 5.82 Å². The van der Waals surface area contributed by atoms with E-state index in [2.05, 4.69) is 0 Å². The normalized spacial score (nSPS) is 18.4. The molecular formula is C15H19ClFNO. The van der Waals surface area contributed by atoms with Crippen molar-refractivity contribution in [2.75, 3.05) is 13.1 Å². The second-order valence-electron chi connectivity index (χ2n) is 5.29. The highest BCUT2D eigenvalue weighted by atomic mass is 35.5. The smallest absolute Gasteiger partial charge is 0.256 e. The number of rotatable bonds is 2. The van der Waals surface area contributed by atoms with Gasteiger partial charge >= 0.3 is 0 Å². The molecule has 1 atom stereocenters. The molecule has 1 aliphatic rings. The van der Waals surface area contributed by atoms with Crippen LogP contribution < -0.4 is 0 Å². The third kappa shape index (κ3) is 3.27. The number of likely N-dealkylation sites (tertiary alicyclic amines) is 1. The Morgan fingerprint density at radius 3 is 2.58 bits per heavy atom. The number of amides is 1. The summed E-state index contributed by atoms with van der Waals surface area (Å²) in [5.41, 5.74) is 0.992. The molecule has 1 amide bonds. The summed E-state index contributed by atoms with van der Waals surface area (Å²) < 4.78 is 13.8. The van der Waals surface area contributed by atoms with E-state index >= 15 is 0 Å². The molecule has 1 aromatic carbocycles. The zero-order valence-electron chi connectivity index (χ0n) is 11.3. The number of halogens is 2. The van der Waals surface area contributed by atoms with Crippen molar-refractivity contribution < 1.29 is 9.18 Å². The molecule has 0 saturated carbocycles. The minimum Gasteiger partial charge on any atom is -0.339 e. The largest absolute Gasteiger partial charge is 0.339 e. The van der Waals surface area contributed by atoms with Crippen molar-refractivity contribution in [3.63, 3.8) is 0 Å². The summed E-state index contributed by atoms with van der Waals surface area (Å²) in [4.78, 5) is 14.0. The minimum absolute atomic E-state index is 0.133. The number of alkyl halides is 1. The summed E-state index contributed by atoms with van der Waals surface area (Å²) in [7, 11) is 0. The third-order valence-electron chi connectivity index (χ3n) is 3.83. The van der Waals surface area contributed by atoms with Crippen LogP contribution in [0, 0.1) is 18.7 Å². The van der Waals surface area contributed by atoms with E-state index in [1.54, 1.807) is 17.0 Å². The van der Waals surface area contributed by atoms with Crippen molar-refractivity contribution in [3.8, 4) is 0 Å². The second-order valence-corrected chi connectivity index (χ2v) is 5.98. The van der Waals surface area contributed by atoms with Crippen LogP contribution in [0.4, 0.5) is 4.39 Å².